The van der Waals surface area contributed by atoms with Crippen LogP contribution in [0.1, 0.15) is 16.2 Å². The van der Waals surface area contributed by atoms with Crippen LogP contribution in [0.5, 0.6) is 0 Å². The average molecular weight is 349 g/mol. The van der Waals surface area contributed by atoms with Gasteiger partial charge >= 0.3 is 0 Å². The highest BCUT2D eigenvalue weighted by molar-refractivity contribution is 7.99. The summed E-state index contributed by atoms with van der Waals surface area (Å²) in [5, 5.41) is 3.34. The molecule has 0 aliphatic carbocycles. The molecular weight excluding hydrogens is 334 g/mol. The van der Waals surface area contributed by atoms with Crippen molar-refractivity contribution in [2.75, 3.05) is 5.75 Å². The first-order chi connectivity index (χ1) is 11.0. The Bertz CT molecular complexity index is 897. The SMILES string of the molecule is Cc1sc2nc(SCC(=O)NCc3ccco3)[nH]c2c(=O)c1C. The summed E-state index contributed by atoms with van der Waals surface area (Å²) in [5.74, 6) is 0.804. The molecule has 0 unspecified atom stereocenters. The number of amides is 1. The number of nitrogens with one attached hydrogen (secondary N) is 2. The van der Waals surface area contributed by atoms with Gasteiger partial charge in [0.2, 0.25) is 11.3 Å². The predicted molar refractivity (Wildman–Crippen MR) is 91.0 cm³/mol. The van der Waals surface area contributed by atoms with Crippen LogP contribution in [0.2, 0.25) is 0 Å². The Morgan fingerprint density at radius 1 is 1.48 bits per heavy atom. The molecule has 2 N–H and O–H groups in total. The predicted octanol–water partition coefficient (Wildman–Crippen LogP) is 2.60. The van der Waals surface area contributed by atoms with Crippen LogP contribution < -0.4 is 10.7 Å². The fraction of sp³-hybridized carbons (Fsp3) is 0.267. The molecule has 0 radical (unpaired) electrons. The van der Waals surface area contributed by atoms with E-state index in [-0.39, 0.29) is 17.1 Å². The minimum Gasteiger partial charge on any atom is -0.467 e. The molecule has 0 aliphatic rings. The van der Waals surface area contributed by atoms with Crippen molar-refractivity contribution in [1.29, 1.82) is 0 Å². The lowest BCUT2D eigenvalue weighted by atomic mass is 10.3. The first-order valence-corrected chi connectivity index (χ1v) is 8.76. The fourth-order valence-corrected chi connectivity index (χ4v) is 3.66. The van der Waals surface area contributed by atoms with Gasteiger partial charge in [-0.3, -0.25) is 9.59 Å². The van der Waals surface area contributed by atoms with E-state index in [4.69, 9.17) is 4.42 Å². The number of carbonyl (C=O) groups is 1. The number of aromatic amines is 1. The lowest BCUT2D eigenvalue weighted by Gasteiger charge is -2.01. The van der Waals surface area contributed by atoms with Crippen LogP contribution in [0.4, 0.5) is 0 Å². The summed E-state index contributed by atoms with van der Waals surface area (Å²) >= 11 is 2.75. The largest absolute Gasteiger partial charge is 0.467 e. The van der Waals surface area contributed by atoms with Crippen LogP contribution in [0.25, 0.3) is 10.3 Å². The van der Waals surface area contributed by atoms with Crippen molar-refractivity contribution >= 4 is 39.4 Å². The number of hydrogen-bond donors (Lipinski definition) is 2. The Labute approximate surface area is 140 Å². The highest BCUT2D eigenvalue weighted by Gasteiger charge is 2.12. The maximum atomic E-state index is 12.2. The topological polar surface area (TPSA) is 88.0 Å². The fourth-order valence-electron chi connectivity index (χ4n) is 1.99. The number of imidazole rings is 1. The first-order valence-electron chi connectivity index (χ1n) is 6.96. The summed E-state index contributed by atoms with van der Waals surface area (Å²) in [4.78, 5) is 33.0. The molecule has 120 valence electrons. The van der Waals surface area contributed by atoms with Crippen molar-refractivity contribution in [1.82, 2.24) is 15.3 Å². The Morgan fingerprint density at radius 3 is 3.04 bits per heavy atom. The van der Waals surface area contributed by atoms with E-state index in [2.05, 4.69) is 15.3 Å². The molecule has 3 aromatic heterocycles. The van der Waals surface area contributed by atoms with Crippen molar-refractivity contribution in [2.45, 2.75) is 25.5 Å². The number of aryl methyl sites for hydroxylation is 1. The first kappa shape index (κ1) is 15.8. The van der Waals surface area contributed by atoms with E-state index in [1.54, 1.807) is 18.4 Å². The maximum Gasteiger partial charge on any atom is 0.230 e. The number of fused-ring (bicyclic) bond motifs is 1. The summed E-state index contributed by atoms with van der Waals surface area (Å²) in [6, 6.07) is 3.57. The summed E-state index contributed by atoms with van der Waals surface area (Å²) in [6.45, 7) is 4.07. The molecule has 0 aromatic carbocycles. The van der Waals surface area contributed by atoms with E-state index in [1.165, 1.54) is 23.1 Å². The van der Waals surface area contributed by atoms with Crippen molar-refractivity contribution < 1.29 is 9.21 Å². The van der Waals surface area contributed by atoms with Gasteiger partial charge in [0.25, 0.3) is 0 Å². The molecular formula is C15H15N3O3S2. The van der Waals surface area contributed by atoms with Crippen LogP contribution in [0.3, 0.4) is 0 Å². The summed E-state index contributed by atoms with van der Waals surface area (Å²) in [5.41, 5.74) is 1.22. The number of carbonyl (C=O) groups excluding carboxylic acids is 1. The van der Waals surface area contributed by atoms with Gasteiger partial charge in [-0.15, -0.1) is 11.3 Å². The number of aromatic nitrogens is 2. The van der Waals surface area contributed by atoms with Crippen molar-refractivity contribution in [3.05, 3.63) is 44.8 Å². The molecule has 0 aliphatic heterocycles. The zero-order chi connectivity index (χ0) is 16.4. The van der Waals surface area contributed by atoms with Gasteiger partial charge in [-0.05, 0) is 26.0 Å². The Balaban J connectivity index is 1.64. The third-order valence-corrected chi connectivity index (χ3v) is 5.35. The molecule has 8 heteroatoms. The van der Waals surface area contributed by atoms with E-state index in [0.717, 1.165) is 10.4 Å². The van der Waals surface area contributed by atoms with Gasteiger partial charge in [-0.1, -0.05) is 11.8 Å². The molecule has 0 fully saturated rings. The molecule has 3 aromatic rings. The number of H-pyrrole nitrogens is 1. The smallest absolute Gasteiger partial charge is 0.230 e. The van der Waals surface area contributed by atoms with Crippen molar-refractivity contribution in [2.24, 2.45) is 0 Å². The second-order valence-corrected chi connectivity index (χ2v) is 7.15. The van der Waals surface area contributed by atoms with E-state index in [1.807, 2.05) is 13.8 Å². The second kappa shape index (κ2) is 6.59. The molecule has 6 nitrogen and oxygen atoms in total. The van der Waals surface area contributed by atoms with Crippen molar-refractivity contribution in [3.63, 3.8) is 0 Å². The summed E-state index contributed by atoms with van der Waals surface area (Å²) in [6.07, 6.45) is 1.57. The summed E-state index contributed by atoms with van der Waals surface area (Å²) < 4.78 is 5.15. The standard InChI is InChI=1S/C15H15N3O3S2/c1-8-9(2)23-14-12(13(8)20)17-15(18-14)22-7-11(19)16-6-10-4-3-5-21-10/h3-5H,6-7H2,1-2H3,(H,16,19)(H,17,18). The molecule has 0 bridgehead atoms. The number of furan rings is 1. The Hall–Kier alpha value is -2.06. The van der Waals surface area contributed by atoms with E-state index in [9.17, 15) is 9.59 Å². The Morgan fingerprint density at radius 2 is 2.30 bits per heavy atom. The molecule has 3 rings (SSSR count). The second-order valence-electron chi connectivity index (χ2n) is 4.98. The third kappa shape index (κ3) is 3.48. The quantitative estimate of drug-likeness (QED) is 0.691. The number of thioether (sulfide) groups is 1. The van der Waals surface area contributed by atoms with Gasteiger partial charge in [0.15, 0.2) is 5.16 Å². The maximum absolute atomic E-state index is 12.2. The van der Waals surface area contributed by atoms with Crippen LogP contribution in [0.15, 0.2) is 32.8 Å². The van der Waals surface area contributed by atoms with Crippen LogP contribution in [0, 0.1) is 13.8 Å². The highest BCUT2D eigenvalue weighted by Crippen LogP contribution is 2.23. The van der Waals surface area contributed by atoms with Gasteiger partial charge in [-0.25, -0.2) is 4.98 Å². The van der Waals surface area contributed by atoms with Crippen LogP contribution in [-0.2, 0) is 11.3 Å². The Kier molecular flexibility index (Phi) is 4.53. The van der Waals surface area contributed by atoms with Gasteiger partial charge < -0.3 is 14.7 Å². The molecule has 23 heavy (non-hydrogen) atoms. The zero-order valence-electron chi connectivity index (χ0n) is 12.6. The highest BCUT2D eigenvalue weighted by atomic mass is 32.2. The molecule has 0 spiro atoms. The zero-order valence-corrected chi connectivity index (χ0v) is 14.3. The lowest BCUT2D eigenvalue weighted by molar-refractivity contribution is -0.118. The third-order valence-electron chi connectivity index (χ3n) is 3.37. The van der Waals surface area contributed by atoms with E-state index in [0.29, 0.717) is 27.8 Å². The average Bonchev–Trinajstić information content (AvgIpc) is 3.18. The molecule has 0 saturated heterocycles. The number of rotatable bonds is 5. The van der Waals surface area contributed by atoms with E-state index >= 15 is 0 Å². The van der Waals surface area contributed by atoms with Crippen molar-refractivity contribution in [3.8, 4) is 0 Å². The molecule has 3 heterocycles. The minimum atomic E-state index is -0.120. The molecule has 1 amide bonds. The monoisotopic (exact) mass is 349 g/mol. The van der Waals surface area contributed by atoms with Gasteiger partial charge in [0.1, 0.15) is 16.1 Å². The molecule has 0 saturated carbocycles. The lowest BCUT2D eigenvalue weighted by Crippen LogP contribution is -2.24. The van der Waals surface area contributed by atoms with Gasteiger partial charge in [0, 0.05) is 10.4 Å². The number of nitrogens with zero attached hydrogens (tertiary/aromatic N) is 1. The van der Waals surface area contributed by atoms with Crippen LogP contribution in [-0.4, -0.2) is 21.6 Å². The normalized spacial score (nSPS) is 11.0. The summed E-state index contributed by atoms with van der Waals surface area (Å²) in [7, 11) is 0. The minimum absolute atomic E-state index is 0.0297. The van der Waals surface area contributed by atoms with Gasteiger partial charge in [0.05, 0.1) is 18.6 Å². The molecule has 0 atom stereocenters. The van der Waals surface area contributed by atoms with E-state index < -0.39 is 0 Å². The number of hydrogen-bond acceptors (Lipinski definition) is 6. The van der Waals surface area contributed by atoms with Gasteiger partial charge in [-0.2, -0.15) is 0 Å². The van der Waals surface area contributed by atoms with Crippen LogP contribution >= 0.6 is 23.1 Å².